The van der Waals surface area contributed by atoms with Gasteiger partial charge in [0.25, 0.3) is 0 Å². The summed E-state index contributed by atoms with van der Waals surface area (Å²) in [5, 5.41) is 1.64. The van der Waals surface area contributed by atoms with Crippen LogP contribution in [-0.2, 0) is 16.0 Å². The zero-order valence-electron chi connectivity index (χ0n) is 13.9. The highest BCUT2D eigenvalue weighted by atomic mass is 16.6. The topological polar surface area (TPSA) is 55.6 Å². The van der Waals surface area contributed by atoms with Gasteiger partial charge in [-0.15, -0.1) is 0 Å². The average Bonchev–Trinajstić information content (AvgIpc) is 2.44. The summed E-state index contributed by atoms with van der Waals surface area (Å²) < 4.78 is 5.22. The molecular weight excluding hydrogens is 276 g/mol. The summed E-state index contributed by atoms with van der Waals surface area (Å²) in [5.41, 5.74) is 1.69. The average molecular weight is 302 g/mol. The number of benzene rings is 1. The number of nitrogens with two attached hydrogens (primary N) is 1. The third-order valence-electron chi connectivity index (χ3n) is 2.81. The fourth-order valence-electron chi connectivity index (χ4n) is 1.69. The van der Waals surface area contributed by atoms with Crippen molar-refractivity contribution in [3.05, 3.63) is 53.7 Å². The summed E-state index contributed by atoms with van der Waals surface area (Å²) in [7, 11) is 0. The van der Waals surface area contributed by atoms with E-state index in [2.05, 4.69) is 0 Å². The Bertz CT molecular complexity index is 525. The third-order valence-corrected chi connectivity index (χ3v) is 2.81. The maximum absolute atomic E-state index is 11.6. The van der Waals surface area contributed by atoms with Crippen LogP contribution in [0.15, 0.2) is 42.6 Å². The molecular formula is C18H26N2O2. The normalized spacial score (nSPS) is 12.0. The van der Waals surface area contributed by atoms with Gasteiger partial charge in [0, 0.05) is 18.8 Å². The zero-order chi connectivity index (χ0) is 16.6. The van der Waals surface area contributed by atoms with Gasteiger partial charge in [0.1, 0.15) is 5.60 Å². The van der Waals surface area contributed by atoms with Crippen LogP contribution in [-0.4, -0.2) is 23.1 Å². The van der Waals surface area contributed by atoms with Crippen LogP contribution in [0.5, 0.6) is 0 Å². The Kier molecular flexibility index (Phi) is 6.86. The second kappa shape index (κ2) is 8.39. The zero-order valence-corrected chi connectivity index (χ0v) is 13.9. The van der Waals surface area contributed by atoms with E-state index in [0.29, 0.717) is 0 Å². The van der Waals surface area contributed by atoms with Gasteiger partial charge in [-0.1, -0.05) is 30.3 Å². The molecule has 0 aliphatic rings. The first-order valence-corrected chi connectivity index (χ1v) is 7.48. The van der Waals surface area contributed by atoms with E-state index in [1.165, 1.54) is 11.6 Å². The van der Waals surface area contributed by atoms with Gasteiger partial charge in [0.05, 0.1) is 0 Å². The van der Waals surface area contributed by atoms with E-state index in [-0.39, 0.29) is 5.97 Å². The van der Waals surface area contributed by atoms with Crippen LogP contribution in [0.4, 0.5) is 0 Å². The van der Waals surface area contributed by atoms with Crippen LogP contribution in [0.25, 0.3) is 6.08 Å². The molecule has 0 saturated carbocycles. The molecule has 1 aromatic carbocycles. The fourth-order valence-corrected chi connectivity index (χ4v) is 1.69. The maximum atomic E-state index is 11.6. The highest BCUT2D eigenvalue weighted by molar-refractivity contribution is 5.87. The Balaban J connectivity index is 2.54. The predicted molar refractivity (Wildman–Crippen MR) is 90.7 cm³/mol. The van der Waals surface area contributed by atoms with Gasteiger partial charge in [-0.2, -0.15) is 0 Å². The number of esters is 1. The van der Waals surface area contributed by atoms with Crippen LogP contribution in [0.2, 0.25) is 0 Å². The largest absolute Gasteiger partial charge is 0.457 e. The van der Waals surface area contributed by atoms with Crippen molar-refractivity contribution in [3.8, 4) is 0 Å². The molecule has 120 valence electrons. The van der Waals surface area contributed by atoms with Gasteiger partial charge in [-0.05, 0) is 51.3 Å². The molecule has 1 aromatic rings. The van der Waals surface area contributed by atoms with E-state index in [1.807, 2.05) is 64.2 Å². The minimum absolute atomic E-state index is 0.331. The van der Waals surface area contributed by atoms with Gasteiger partial charge in [0.2, 0.25) is 0 Å². The highest BCUT2D eigenvalue weighted by Crippen LogP contribution is 2.10. The van der Waals surface area contributed by atoms with Crippen molar-refractivity contribution in [2.24, 2.45) is 5.84 Å². The molecule has 1 rings (SSSR count). The number of hydrogen-bond donors (Lipinski definition) is 1. The van der Waals surface area contributed by atoms with Crippen LogP contribution in [0, 0.1) is 0 Å². The summed E-state index contributed by atoms with van der Waals surface area (Å²) in [4.78, 5) is 11.6. The summed E-state index contributed by atoms with van der Waals surface area (Å²) in [6.45, 7) is 8.33. The van der Waals surface area contributed by atoms with Gasteiger partial charge in [-0.3, -0.25) is 0 Å². The van der Waals surface area contributed by atoms with Crippen LogP contribution in [0.1, 0.15) is 38.8 Å². The molecule has 0 unspecified atom stereocenters. The van der Waals surface area contributed by atoms with Crippen molar-refractivity contribution in [1.29, 1.82) is 0 Å². The Hall–Kier alpha value is -2.07. The molecule has 4 heteroatoms. The number of hydrogen-bond acceptors (Lipinski definition) is 4. The van der Waals surface area contributed by atoms with E-state index < -0.39 is 5.60 Å². The molecule has 4 nitrogen and oxygen atoms in total. The molecule has 0 saturated heterocycles. The van der Waals surface area contributed by atoms with E-state index >= 15 is 0 Å². The predicted octanol–water partition coefficient (Wildman–Crippen LogP) is 3.29. The number of nitrogens with zero attached hydrogens (tertiary/aromatic N) is 1. The quantitative estimate of drug-likeness (QED) is 0.379. The van der Waals surface area contributed by atoms with Gasteiger partial charge < -0.3 is 9.75 Å². The standard InChI is InChI=1S/C18H26N2O2/c1-5-20(19)14-6-7-15-8-10-16(11-9-15)12-13-17(21)22-18(2,3)4/h6,8-14H,5,7,19H2,1-4H3/b13-12+,14-6-. The smallest absolute Gasteiger partial charge is 0.331 e. The molecule has 0 bridgehead atoms. The lowest BCUT2D eigenvalue weighted by Crippen LogP contribution is -2.23. The Labute approximate surface area is 133 Å². The highest BCUT2D eigenvalue weighted by Gasteiger charge is 2.13. The van der Waals surface area contributed by atoms with Crippen LogP contribution in [0.3, 0.4) is 0 Å². The first kappa shape index (κ1) is 18.0. The minimum Gasteiger partial charge on any atom is -0.457 e. The second-order valence-electron chi connectivity index (χ2n) is 6.03. The van der Waals surface area contributed by atoms with E-state index in [1.54, 1.807) is 11.1 Å². The van der Waals surface area contributed by atoms with Crippen LogP contribution >= 0.6 is 0 Å². The third kappa shape index (κ3) is 7.64. The maximum Gasteiger partial charge on any atom is 0.331 e. The van der Waals surface area contributed by atoms with Gasteiger partial charge in [0.15, 0.2) is 0 Å². The molecule has 0 aromatic heterocycles. The van der Waals surface area contributed by atoms with E-state index in [9.17, 15) is 4.79 Å². The lowest BCUT2D eigenvalue weighted by Gasteiger charge is -2.17. The molecule has 0 fully saturated rings. The SMILES string of the molecule is CCN(N)/C=C\Cc1ccc(/C=C/C(=O)OC(C)(C)C)cc1. The molecule has 0 radical (unpaired) electrons. The summed E-state index contributed by atoms with van der Waals surface area (Å²) in [6.07, 6.45) is 7.93. The molecule has 22 heavy (non-hydrogen) atoms. The summed E-state index contributed by atoms with van der Waals surface area (Å²) in [5.74, 6) is 5.34. The number of rotatable bonds is 6. The summed E-state index contributed by atoms with van der Waals surface area (Å²) in [6, 6.07) is 8.02. The first-order chi connectivity index (χ1) is 10.3. The number of carbonyl (C=O) groups excluding carboxylic acids is 1. The molecule has 0 heterocycles. The number of carbonyl (C=O) groups is 1. The lowest BCUT2D eigenvalue weighted by molar-refractivity contribution is -0.148. The van der Waals surface area contributed by atoms with E-state index in [0.717, 1.165) is 18.5 Å². The van der Waals surface area contributed by atoms with Crippen molar-refractivity contribution >= 4 is 12.0 Å². The second-order valence-corrected chi connectivity index (χ2v) is 6.03. The lowest BCUT2D eigenvalue weighted by atomic mass is 10.1. The number of ether oxygens (including phenoxy) is 1. The molecule has 0 aliphatic carbocycles. The number of allylic oxidation sites excluding steroid dienone is 1. The van der Waals surface area contributed by atoms with Crippen molar-refractivity contribution in [2.45, 2.75) is 39.7 Å². The Morgan fingerprint density at radius 2 is 1.91 bits per heavy atom. The van der Waals surface area contributed by atoms with Crippen molar-refractivity contribution in [1.82, 2.24) is 5.01 Å². The van der Waals surface area contributed by atoms with Gasteiger partial charge in [-0.25, -0.2) is 10.6 Å². The molecule has 2 N–H and O–H groups in total. The molecule has 0 spiro atoms. The summed E-state index contributed by atoms with van der Waals surface area (Å²) >= 11 is 0. The Morgan fingerprint density at radius 3 is 2.45 bits per heavy atom. The van der Waals surface area contributed by atoms with Crippen molar-refractivity contribution < 1.29 is 9.53 Å². The Morgan fingerprint density at radius 1 is 1.27 bits per heavy atom. The fraction of sp³-hybridized carbons (Fsp3) is 0.389. The monoisotopic (exact) mass is 302 g/mol. The minimum atomic E-state index is -0.465. The molecule has 0 atom stereocenters. The molecule has 0 amide bonds. The van der Waals surface area contributed by atoms with Crippen molar-refractivity contribution in [3.63, 3.8) is 0 Å². The molecule has 0 aliphatic heterocycles. The number of hydrazine groups is 1. The van der Waals surface area contributed by atoms with Gasteiger partial charge >= 0.3 is 5.97 Å². The van der Waals surface area contributed by atoms with Crippen LogP contribution < -0.4 is 5.84 Å². The van der Waals surface area contributed by atoms with E-state index in [4.69, 9.17) is 10.6 Å². The van der Waals surface area contributed by atoms with Crippen molar-refractivity contribution in [2.75, 3.05) is 6.54 Å². The first-order valence-electron chi connectivity index (χ1n) is 7.48.